The van der Waals surface area contributed by atoms with Gasteiger partial charge in [0, 0.05) is 6.54 Å². The maximum Gasteiger partial charge on any atom is 0.266 e. The molecule has 132 valence electrons. The van der Waals surface area contributed by atoms with Gasteiger partial charge in [-0.3, -0.25) is 9.69 Å². The minimum absolute atomic E-state index is 0.0255. The Morgan fingerprint density at radius 2 is 2.00 bits per heavy atom. The van der Waals surface area contributed by atoms with Gasteiger partial charge in [0.2, 0.25) is 6.79 Å². The van der Waals surface area contributed by atoms with Crippen molar-refractivity contribution >= 4 is 34.6 Å². The maximum absolute atomic E-state index is 12.8. The third kappa shape index (κ3) is 3.08. The van der Waals surface area contributed by atoms with Crippen molar-refractivity contribution in [3.8, 4) is 11.5 Å². The van der Waals surface area contributed by atoms with Crippen molar-refractivity contribution in [1.29, 1.82) is 0 Å². The average molecular weight is 366 g/mol. The highest BCUT2D eigenvalue weighted by molar-refractivity contribution is 8.18. The van der Waals surface area contributed by atoms with Crippen LogP contribution in [0.4, 0.5) is 5.69 Å². The standard InChI is InChI=1S/C20H18N2O3S/c1-3-22-19(23)18(11-14-8-9-16-17(10-14)25-12-24-16)26-20(22)21-15-7-5-4-6-13(15)2/h4-11H,3,12H2,1-2H3/b18-11+,21-20?. The Kier molecular flexibility index (Phi) is 4.42. The number of amides is 1. The summed E-state index contributed by atoms with van der Waals surface area (Å²) in [5.74, 6) is 1.41. The predicted molar refractivity (Wildman–Crippen MR) is 104 cm³/mol. The summed E-state index contributed by atoms with van der Waals surface area (Å²) in [5.41, 5.74) is 2.86. The zero-order valence-corrected chi connectivity index (χ0v) is 15.4. The van der Waals surface area contributed by atoms with E-state index in [4.69, 9.17) is 14.5 Å². The number of para-hydroxylation sites is 1. The number of thioether (sulfide) groups is 1. The molecule has 0 spiro atoms. The number of aryl methyl sites for hydroxylation is 1. The first kappa shape index (κ1) is 16.7. The van der Waals surface area contributed by atoms with Crippen LogP contribution >= 0.6 is 11.8 Å². The van der Waals surface area contributed by atoms with Gasteiger partial charge >= 0.3 is 0 Å². The Balaban J connectivity index is 1.66. The van der Waals surface area contributed by atoms with Crippen LogP contribution in [0.25, 0.3) is 6.08 Å². The van der Waals surface area contributed by atoms with Crippen molar-refractivity contribution in [2.75, 3.05) is 13.3 Å². The molecule has 2 aromatic carbocycles. The van der Waals surface area contributed by atoms with Gasteiger partial charge in [-0.2, -0.15) is 0 Å². The third-order valence-electron chi connectivity index (χ3n) is 4.23. The van der Waals surface area contributed by atoms with Crippen molar-refractivity contribution in [3.05, 3.63) is 58.5 Å². The van der Waals surface area contributed by atoms with Gasteiger partial charge in [0.1, 0.15) is 0 Å². The summed E-state index contributed by atoms with van der Waals surface area (Å²) >= 11 is 1.40. The van der Waals surface area contributed by atoms with Crippen molar-refractivity contribution in [2.45, 2.75) is 13.8 Å². The Morgan fingerprint density at radius 1 is 1.19 bits per heavy atom. The minimum atomic E-state index is -0.0255. The van der Waals surface area contributed by atoms with Crippen LogP contribution in [0, 0.1) is 6.92 Å². The highest BCUT2D eigenvalue weighted by atomic mass is 32.2. The molecule has 1 saturated heterocycles. The van der Waals surface area contributed by atoms with E-state index in [1.807, 2.05) is 62.4 Å². The maximum atomic E-state index is 12.8. The number of aliphatic imine (C=N–C) groups is 1. The van der Waals surface area contributed by atoms with Crippen LogP contribution in [0.5, 0.6) is 11.5 Å². The van der Waals surface area contributed by atoms with Crippen LogP contribution in [0.15, 0.2) is 52.4 Å². The molecule has 2 heterocycles. The van der Waals surface area contributed by atoms with Crippen molar-refractivity contribution in [2.24, 2.45) is 4.99 Å². The molecule has 0 atom stereocenters. The van der Waals surface area contributed by atoms with Crippen LogP contribution in [-0.4, -0.2) is 29.3 Å². The summed E-state index contributed by atoms with van der Waals surface area (Å²) in [6, 6.07) is 13.6. The third-order valence-corrected chi connectivity index (χ3v) is 5.24. The van der Waals surface area contributed by atoms with Crippen LogP contribution in [-0.2, 0) is 4.79 Å². The fraction of sp³-hybridized carbons (Fsp3) is 0.200. The lowest BCUT2D eigenvalue weighted by Gasteiger charge is -2.12. The molecule has 4 rings (SSSR count). The molecule has 0 aliphatic carbocycles. The normalized spacial score (nSPS) is 19.0. The number of carbonyl (C=O) groups is 1. The first-order valence-corrected chi connectivity index (χ1v) is 9.22. The SMILES string of the molecule is CCN1C(=O)/C(=C\c2ccc3c(c2)OCO3)SC1=Nc1ccccc1C. The molecule has 2 aliphatic rings. The van der Waals surface area contributed by atoms with Gasteiger partial charge < -0.3 is 9.47 Å². The molecule has 5 nitrogen and oxygen atoms in total. The number of rotatable bonds is 3. The fourth-order valence-electron chi connectivity index (χ4n) is 2.82. The number of nitrogens with zero attached hydrogens (tertiary/aromatic N) is 2. The summed E-state index contributed by atoms with van der Waals surface area (Å²) in [6.07, 6.45) is 1.87. The lowest BCUT2D eigenvalue weighted by Crippen LogP contribution is -2.28. The quantitative estimate of drug-likeness (QED) is 0.758. The van der Waals surface area contributed by atoms with E-state index in [1.54, 1.807) is 4.90 Å². The molecule has 2 aromatic rings. The van der Waals surface area contributed by atoms with Crippen LogP contribution in [0.3, 0.4) is 0 Å². The van der Waals surface area contributed by atoms with E-state index in [9.17, 15) is 4.79 Å². The number of fused-ring (bicyclic) bond motifs is 1. The highest BCUT2D eigenvalue weighted by Crippen LogP contribution is 2.37. The summed E-state index contributed by atoms with van der Waals surface area (Å²) in [5, 5.41) is 0.707. The number of amidine groups is 1. The van der Waals surface area contributed by atoms with Gasteiger partial charge in [-0.15, -0.1) is 0 Å². The summed E-state index contributed by atoms with van der Waals surface area (Å²) < 4.78 is 10.7. The fourth-order valence-corrected chi connectivity index (χ4v) is 3.87. The van der Waals surface area contributed by atoms with E-state index in [1.165, 1.54) is 11.8 Å². The topological polar surface area (TPSA) is 51.1 Å². The van der Waals surface area contributed by atoms with E-state index < -0.39 is 0 Å². The highest BCUT2D eigenvalue weighted by Gasteiger charge is 2.32. The Morgan fingerprint density at radius 3 is 2.81 bits per heavy atom. The molecule has 1 amide bonds. The lowest BCUT2D eigenvalue weighted by molar-refractivity contribution is -0.122. The van der Waals surface area contributed by atoms with Gasteiger partial charge in [0.25, 0.3) is 5.91 Å². The summed E-state index contributed by atoms with van der Waals surface area (Å²) in [4.78, 5) is 19.8. The lowest BCUT2D eigenvalue weighted by atomic mass is 10.2. The Bertz CT molecular complexity index is 936. The number of hydrogen-bond donors (Lipinski definition) is 0. The molecule has 6 heteroatoms. The number of ether oxygens (including phenoxy) is 2. The first-order valence-electron chi connectivity index (χ1n) is 8.41. The second kappa shape index (κ2) is 6.88. The number of benzene rings is 2. The minimum Gasteiger partial charge on any atom is -0.454 e. The largest absolute Gasteiger partial charge is 0.454 e. The summed E-state index contributed by atoms with van der Waals surface area (Å²) in [7, 11) is 0. The second-order valence-corrected chi connectivity index (χ2v) is 6.96. The molecule has 0 saturated carbocycles. The Labute approximate surface area is 156 Å². The first-order chi connectivity index (χ1) is 12.7. The molecule has 2 aliphatic heterocycles. The molecule has 0 bridgehead atoms. The molecule has 0 N–H and O–H groups in total. The average Bonchev–Trinajstić information content (AvgIpc) is 3.21. The molecule has 1 fully saturated rings. The predicted octanol–water partition coefficient (Wildman–Crippen LogP) is 4.35. The zero-order valence-electron chi connectivity index (χ0n) is 14.6. The number of likely N-dealkylation sites (N-methyl/N-ethyl adjacent to an activating group) is 1. The zero-order chi connectivity index (χ0) is 18.1. The van der Waals surface area contributed by atoms with Gasteiger partial charge in [0.05, 0.1) is 10.6 Å². The molecule has 0 aromatic heterocycles. The van der Waals surface area contributed by atoms with E-state index >= 15 is 0 Å². The number of carbonyl (C=O) groups excluding carboxylic acids is 1. The van der Waals surface area contributed by atoms with Crippen molar-refractivity contribution < 1.29 is 14.3 Å². The smallest absolute Gasteiger partial charge is 0.266 e. The number of hydrogen-bond acceptors (Lipinski definition) is 5. The van der Waals surface area contributed by atoms with Gasteiger partial charge in [-0.05, 0) is 61.0 Å². The van der Waals surface area contributed by atoms with Crippen LogP contribution < -0.4 is 9.47 Å². The molecule has 0 unspecified atom stereocenters. The molecule has 0 radical (unpaired) electrons. The van der Waals surface area contributed by atoms with E-state index in [2.05, 4.69) is 0 Å². The molecular formula is C20H18N2O3S. The van der Waals surface area contributed by atoms with E-state index in [0.29, 0.717) is 22.4 Å². The van der Waals surface area contributed by atoms with E-state index in [0.717, 1.165) is 22.6 Å². The van der Waals surface area contributed by atoms with Crippen LogP contribution in [0.1, 0.15) is 18.1 Å². The Hall–Kier alpha value is -2.73. The van der Waals surface area contributed by atoms with Crippen molar-refractivity contribution in [3.63, 3.8) is 0 Å². The van der Waals surface area contributed by atoms with Crippen LogP contribution in [0.2, 0.25) is 0 Å². The monoisotopic (exact) mass is 366 g/mol. The van der Waals surface area contributed by atoms with Gasteiger partial charge in [-0.25, -0.2) is 4.99 Å². The molecule has 26 heavy (non-hydrogen) atoms. The second-order valence-electron chi connectivity index (χ2n) is 5.95. The van der Waals surface area contributed by atoms with Gasteiger partial charge in [-0.1, -0.05) is 24.3 Å². The van der Waals surface area contributed by atoms with Crippen molar-refractivity contribution in [1.82, 2.24) is 4.90 Å². The molecular weight excluding hydrogens is 348 g/mol. The van der Waals surface area contributed by atoms with E-state index in [-0.39, 0.29) is 12.7 Å². The van der Waals surface area contributed by atoms with Gasteiger partial charge in [0.15, 0.2) is 16.7 Å². The summed E-state index contributed by atoms with van der Waals surface area (Å²) in [6.45, 7) is 4.78.